The molecule has 0 unspecified atom stereocenters. The zero-order chi connectivity index (χ0) is 20.9. The Bertz CT molecular complexity index is 1190. The molecule has 29 heavy (non-hydrogen) atoms. The summed E-state index contributed by atoms with van der Waals surface area (Å²) < 4.78 is 2.14. The summed E-state index contributed by atoms with van der Waals surface area (Å²) in [7, 11) is 2.02. The summed E-state index contributed by atoms with van der Waals surface area (Å²) in [5.74, 6) is 0. The number of hydrogen-bond donors (Lipinski definition) is 1. The summed E-state index contributed by atoms with van der Waals surface area (Å²) in [5, 5.41) is 3.73. The maximum Gasteiger partial charge on any atom is 0.322 e. The number of pyridine rings is 1. The molecule has 2 amide bonds. The average molecular weight is 389 g/mol. The Morgan fingerprint density at radius 1 is 0.966 bits per heavy atom. The predicted molar refractivity (Wildman–Crippen MR) is 118 cm³/mol. The number of nitrogens with one attached hydrogen (secondary N) is 1. The van der Waals surface area contributed by atoms with Crippen LogP contribution in [0.2, 0.25) is 0 Å². The molecule has 1 aliphatic heterocycles. The largest absolute Gasteiger partial charge is 0.347 e. The van der Waals surface area contributed by atoms with E-state index < -0.39 is 0 Å². The van der Waals surface area contributed by atoms with Crippen molar-refractivity contribution in [2.24, 2.45) is 7.05 Å². The molecule has 0 bridgehead atoms. The van der Waals surface area contributed by atoms with E-state index in [-0.39, 0.29) is 11.5 Å². The maximum atomic E-state index is 13.3. The number of fused-ring (bicyclic) bond motifs is 2. The van der Waals surface area contributed by atoms with E-state index in [1.165, 1.54) is 0 Å². The molecule has 0 fully saturated rings. The van der Waals surface area contributed by atoms with Gasteiger partial charge in [0.25, 0.3) is 0 Å². The second-order valence-corrected chi connectivity index (χ2v) is 8.27. The van der Waals surface area contributed by atoms with Gasteiger partial charge in [-0.15, -0.1) is 0 Å². The zero-order valence-corrected chi connectivity index (χ0v) is 17.7. The van der Waals surface area contributed by atoms with Crippen molar-refractivity contribution in [1.29, 1.82) is 0 Å². The number of urea groups is 1. The number of amides is 2. The lowest BCUT2D eigenvalue weighted by Gasteiger charge is -2.31. The number of carbonyl (C=O) groups is 1. The number of benzene rings is 2. The molecule has 0 spiro atoms. The van der Waals surface area contributed by atoms with E-state index in [2.05, 4.69) is 22.0 Å². The van der Waals surface area contributed by atoms with Gasteiger partial charge < -0.3 is 14.8 Å². The summed E-state index contributed by atoms with van der Waals surface area (Å²) in [4.78, 5) is 27.9. The summed E-state index contributed by atoms with van der Waals surface area (Å²) in [6, 6.07) is 9.90. The molecule has 5 nitrogen and oxygen atoms in total. The monoisotopic (exact) mass is 389 g/mol. The van der Waals surface area contributed by atoms with Gasteiger partial charge in [0.05, 0.1) is 12.1 Å². The van der Waals surface area contributed by atoms with Crippen LogP contribution in [-0.4, -0.2) is 22.0 Å². The molecular weight excluding hydrogens is 362 g/mol. The average Bonchev–Trinajstić information content (AvgIpc) is 2.64. The minimum absolute atomic E-state index is 0.0452. The molecular formula is C24H27N3O2. The van der Waals surface area contributed by atoms with E-state index in [9.17, 15) is 9.59 Å². The molecule has 1 aliphatic rings. The summed E-state index contributed by atoms with van der Waals surface area (Å²) in [6.45, 7) is 9.01. The molecule has 0 saturated heterocycles. The quantitative estimate of drug-likeness (QED) is 0.672. The van der Waals surface area contributed by atoms with Crippen molar-refractivity contribution in [3.63, 3.8) is 0 Å². The van der Waals surface area contributed by atoms with Gasteiger partial charge in [-0.25, -0.2) is 4.79 Å². The standard InChI is InChI=1S/C24H27N3O2/c1-14-8-15(2)11-18(10-14)25-24(29)27-7-6-21-20(13-27)23(28)19-12-16(3)9-17(4)22(19)26(21)5/h8-12H,6-7,13H2,1-5H3,(H,25,29). The van der Waals surface area contributed by atoms with Crippen LogP contribution in [0.5, 0.6) is 0 Å². The Morgan fingerprint density at radius 2 is 1.62 bits per heavy atom. The fourth-order valence-electron chi connectivity index (χ4n) is 4.62. The zero-order valence-electron chi connectivity index (χ0n) is 17.7. The highest BCUT2D eigenvalue weighted by atomic mass is 16.2. The Kier molecular flexibility index (Phi) is 4.69. The predicted octanol–water partition coefficient (Wildman–Crippen LogP) is 4.36. The second-order valence-electron chi connectivity index (χ2n) is 8.27. The van der Waals surface area contributed by atoms with Crippen LogP contribution >= 0.6 is 0 Å². The molecule has 0 saturated carbocycles. The lowest BCUT2D eigenvalue weighted by Crippen LogP contribution is -2.42. The number of aromatic nitrogens is 1. The van der Waals surface area contributed by atoms with Crippen molar-refractivity contribution in [2.75, 3.05) is 11.9 Å². The summed E-state index contributed by atoms with van der Waals surface area (Å²) in [6.07, 6.45) is 0.671. The van der Waals surface area contributed by atoms with E-state index in [0.29, 0.717) is 19.5 Å². The van der Waals surface area contributed by atoms with Crippen molar-refractivity contribution in [3.8, 4) is 0 Å². The molecule has 1 aromatic heterocycles. The minimum Gasteiger partial charge on any atom is -0.347 e. The number of anilines is 1. The highest BCUT2D eigenvalue weighted by Gasteiger charge is 2.26. The van der Waals surface area contributed by atoms with Crippen LogP contribution in [0, 0.1) is 27.7 Å². The third-order valence-electron chi connectivity index (χ3n) is 5.78. The highest BCUT2D eigenvalue weighted by Crippen LogP contribution is 2.25. The first-order chi connectivity index (χ1) is 13.7. The molecule has 4 rings (SSSR count). The van der Waals surface area contributed by atoms with Gasteiger partial charge in [0.1, 0.15) is 0 Å². The minimum atomic E-state index is -0.164. The van der Waals surface area contributed by atoms with E-state index in [1.54, 1.807) is 4.90 Å². The normalized spacial score (nSPS) is 13.5. The lowest BCUT2D eigenvalue weighted by atomic mass is 9.98. The molecule has 3 aromatic rings. The summed E-state index contributed by atoms with van der Waals surface area (Å²) in [5.41, 5.74) is 7.99. The van der Waals surface area contributed by atoms with E-state index in [0.717, 1.165) is 50.1 Å². The molecule has 150 valence electrons. The van der Waals surface area contributed by atoms with Crippen LogP contribution in [0.1, 0.15) is 33.5 Å². The Hall–Kier alpha value is -3.08. The van der Waals surface area contributed by atoms with Crippen molar-refractivity contribution < 1.29 is 4.79 Å². The number of carbonyl (C=O) groups excluding carboxylic acids is 1. The van der Waals surface area contributed by atoms with Crippen molar-refractivity contribution in [1.82, 2.24) is 9.47 Å². The van der Waals surface area contributed by atoms with Crippen molar-refractivity contribution in [2.45, 2.75) is 40.7 Å². The SMILES string of the molecule is Cc1cc(C)cc(NC(=O)N2CCc3c(c(=O)c4cc(C)cc(C)c4n3C)C2)c1. The van der Waals surface area contributed by atoms with Crippen LogP contribution in [-0.2, 0) is 20.0 Å². The molecule has 5 heteroatoms. The van der Waals surface area contributed by atoms with Crippen LogP contribution < -0.4 is 10.7 Å². The van der Waals surface area contributed by atoms with Crippen molar-refractivity contribution in [3.05, 3.63) is 74.1 Å². The van der Waals surface area contributed by atoms with Gasteiger partial charge in [-0.3, -0.25) is 4.79 Å². The van der Waals surface area contributed by atoms with Gasteiger partial charge in [0.15, 0.2) is 5.43 Å². The third-order valence-corrected chi connectivity index (χ3v) is 5.78. The first-order valence-electron chi connectivity index (χ1n) is 10.0. The summed E-state index contributed by atoms with van der Waals surface area (Å²) >= 11 is 0. The lowest BCUT2D eigenvalue weighted by molar-refractivity contribution is 0.205. The molecule has 2 aromatic carbocycles. The number of nitrogens with zero attached hydrogens (tertiary/aromatic N) is 2. The van der Waals surface area contributed by atoms with Gasteiger partial charge in [0, 0.05) is 42.3 Å². The molecule has 0 aliphatic carbocycles. The smallest absolute Gasteiger partial charge is 0.322 e. The Balaban J connectivity index is 1.69. The van der Waals surface area contributed by atoms with E-state index in [1.807, 2.05) is 52.9 Å². The Labute approximate surface area is 171 Å². The van der Waals surface area contributed by atoms with Crippen LogP contribution in [0.4, 0.5) is 10.5 Å². The molecule has 0 radical (unpaired) electrons. The maximum absolute atomic E-state index is 13.3. The van der Waals surface area contributed by atoms with Gasteiger partial charge in [0.2, 0.25) is 0 Å². The first kappa shape index (κ1) is 19.2. The van der Waals surface area contributed by atoms with E-state index >= 15 is 0 Å². The molecule has 2 heterocycles. The topological polar surface area (TPSA) is 54.3 Å². The third kappa shape index (κ3) is 3.41. The number of hydrogen-bond acceptors (Lipinski definition) is 2. The first-order valence-corrected chi connectivity index (χ1v) is 10.0. The Morgan fingerprint density at radius 3 is 2.31 bits per heavy atom. The van der Waals surface area contributed by atoms with Gasteiger partial charge in [-0.2, -0.15) is 0 Å². The van der Waals surface area contributed by atoms with Gasteiger partial charge >= 0.3 is 6.03 Å². The van der Waals surface area contributed by atoms with E-state index in [4.69, 9.17) is 0 Å². The van der Waals surface area contributed by atoms with Crippen LogP contribution in [0.3, 0.4) is 0 Å². The second kappa shape index (κ2) is 7.07. The number of rotatable bonds is 1. The van der Waals surface area contributed by atoms with Crippen molar-refractivity contribution >= 4 is 22.6 Å². The van der Waals surface area contributed by atoms with Gasteiger partial charge in [-0.05, 0) is 68.1 Å². The number of aryl methyl sites for hydroxylation is 5. The fourth-order valence-corrected chi connectivity index (χ4v) is 4.62. The molecule has 1 N–H and O–H groups in total. The molecule has 0 atom stereocenters. The highest BCUT2D eigenvalue weighted by molar-refractivity contribution is 5.90. The van der Waals surface area contributed by atoms with Crippen LogP contribution in [0.25, 0.3) is 10.9 Å². The van der Waals surface area contributed by atoms with Crippen LogP contribution in [0.15, 0.2) is 35.1 Å². The fraction of sp³-hybridized carbons (Fsp3) is 0.333. The van der Waals surface area contributed by atoms with Gasteiger partial charge in [-0.1, -0.05) is 12.1 Å².